The van der Waals surface area contributed by atoms with Crippen molar-refractivity contribution in [1.82, 2.24) is 19.7 Å². The number of ether oxygens (including phenoxy) is 2. The summed E-state index contributed by atoms with van der Waals surface area (Å²) in [5.74, 6) is 0.697. The second-order valence-electron chi connectivity index (χ2n) is 5.65. The van der Waals surface area contributed by atoms with Gasteiger partial charge < -0.3 is 18.9 Å². The van der Waals surface area contributed by atoms with E-state index in [1.165, 1.54) is 0 Å². The zero-order chi connectivity index (χ0) is 16.9. The molecule has 0 aliphatic carbocycles. The molecule has 2 atom stereocenters. The lowest BCUT2D eigenvalue weighted by Crippen LogP contribution is -2.45. The third-order valence-electron chi connectivity index (χ3n) is 4.21. The molecule has 0 saturated carbocycles. The first-order valence-corrected chi connectivity index (χ1v) is 8.10. The van der Waals surface area contributed by atoms with Crippen LogP contribution < -0.4 is 0 Å². The fraction of sp³-hybridized carbons (Fsp3) is 0.471. The largest absolute Gasteiger partial charge is 0.367 e. The summed E-state index contributed by atoms with van der Waals surface area (Å²) in [4.78, 5) is 14.7. The molecule has 1 saturated heterocycles. The molecule has 0 N–H and O–H groups in total. The van der Waals surface area contributed by atoms with Crippen LogP contribution in [0.5, 0.6) is 0 Å². The summed E-state index contributed by atoms with van der Waals surface area (Å²) >= 11 is 0. The lowest BCUT2D eigenvalue weighted by molar-refractivity contribution is -0.150. The minimum Gasteiger partial charge on any atom is -0.367 e. The molecule has 0 spiro atoms. The second kappa shape index (κ2) is 7.55. The van der Waals surface area contributed by atoms with Crippen LogP contribution in [0.25, 0.3) is 0 Å². The summed E-state index contributed by atoms with van der Waals surface area (Å²) in [6.45, 7) is 4.25. The van der Waals surface area contributed by atoms with E-state index in [-0.39, 0.29) is 12.0 Å². The lowest BCUT2D eigenvalue weighted by atomic mass is 10.1. The number of benzene rings is 1. The van der Waals surface area contributed by atoms with E-state index in [1.807, 2.05) is 41.8 Å². The molecule has 0 unspecified atom stereocenters. The van der Waals surface area contributed by atoms with Crippen LogP contribution in [0.1, 0.15) is 30.5 Å². The number of hydrogen-bond donors (Lipinski definition) is 0. The summed E-state index contributed by atoms with van der Waals surface area (Å²) in [6.07, 6.45) is 0.814. The SMILES string of the molecule is CCn1cnnc1[C@@H]1CN(C(=O)[C@@H](OC)c2ccccc2)CCO1. The number of aryl methyl sites for hydroxylation is 1. The molecular weight excluding hydrogens is 308 g/mol. The standard InChI is InChI=1S/C17H22N4O3/c1-3-20-12-18-19-16(20)14-11-21(9-10-24-14)17(22)15(23-2)13-7-5-4-6-8-13/h4-8,12,14-15H,3,9-11H2,1-2H3/t14-,15-/m0/s1. The van der Waals surface area contributed by atoms with Gasteiger partial charge in [0.15, 0.2) is 11.9 Å². The number of amides is 1. The highest BCUT2D eigenvalue weighted by molar-refractivity contribution is 5.82. The number of hydrogen-bond acceptors (Lipinski definition) is 5. The van der Waals surface area contributed by atoms with Crippen LogP contribution in [-0.4, -0.2) is 52.4 Å². The Balaban J connectivity index is 1.75. The van der Waals surface area contributed by atoms with Gasteiger partial charge >= 0.3 is 0 Å². The minimum absolute atomic E-state index is 0.0560. The topological polar surface area (TPSA) is 69.5 Å². The highest BCUT2D eigenvalue weighted by Crippen LogP contribution is 2.25. The number of morpholine rings is 1. The maximum atomic E-state index is 12.9. The van der Waals surface area contributed by atoms with Gasteiger partial charge in [-0.25, -0.2) is 0 Å². The van der Waals surface area contributed by atoms with Crippen molar-refractivity contribution in [2.24, 2.45) is 0 Å². The van der Waals surface area contributed by atoms with E-state index in [0.717, 1.165) is 17.9 Å². The first kappa shape index (κ1) is 16.6. The third-order valence-corrected chi connectivity index (χ3v) is 4.21. The molecule has 0 bridgehead atoms. The molecule has 1 aliphatic heterocycles. The quantitative estimate of drug-likeness (QED) is 0.832. The Morgan fingerprint density at radius 2 is 2.21 bits per heavy atom. The van der Waals surface area contributed by atoms with E-state index in [1.54, 1.807) is 18.3 Å². The van der Waals surface area contributed by atoms with Crippen LogP contribution in [-0.2, 0) is 20.8 Å². The fourth-order valence-corrected chi connectivity index (χ4v) is 2.94. The van der Waals surface area contributed by atoms with Crippen LogP contribution in [0.2, 0.25) is 0 Å². The molecule has 7 nitrogen and oxygen atoms in total. The van der Waals surface area contributed by atoms with Gasteiger partial charge in [-0.05, 0) is 12.5 Å². The van der Waals surface area contributed by atoms with Crippen LogP contribution in [0.3, 0.4) is 0 Å². The average molecular weight is 330 g/mol. The summed E-state index contributed by atoms with van der Waals surface area (Å²) in [5.41, 5.74) is 0.852. The van der Waals surface area contributed by atoms with Crippen molar-refractivity contribution in [3.05, 3.63) is 48.0 Å². The Labute approximate surface area is 141 Å². The first-order chi connectivity index (χ1) is 11.7. The van der Waals surface area contributed by atoms with E-state index in [4.69, 9.17) is 9.47 Å². The van der Waals surface area contributed by atoms with Gasteiger partial charge in [0, 0.05) is 20.2 Å². The maximum absolute atomic E-state index is 12.9. The molecule has 1 aromatic heterocycles. The van der Waals surface area contributed by atoms with Crippen molar-refractivity contribution in [2.45, 2.75) is 25.7 Å². The number of methoxy groups -OCH3 is 1. The normalized spacial score (nSPS) is 19.2. The first-order valence-electron chi connectivity index (χ1n) is 8.10. The Bertz CT molecular complexity index is 673. The summed E-state index contributed by atoms with van der Waals surface area (Å²) in [6, 6.07) is 9.53. The molecular formula is C17H22N4O3. The van der Waals surface area contributed by atoms with Gasteiger partial charge in [0.05, 0.1) is 13.2 Å². The summed E-state index contributed by atoms with van der Waals surface area (Å²) in [5, 5.41) is 8.09. The number of carbonyl (C=O) groups excluding carboxylic acids is 1. The Kier molecular flexibility index (Phi) is 5.22. The van der Waals surface area contributed by atoms with Gasteiger partial charge in [-0.3, -0.25) is 4.79 Å². The fourth-order valence-electron chi connectivity index (χ4n) is 2.94. The van der Waals surface area contributed by atoms with Crippen molar-refractivity contribution in [1.29, 1.82) is 0 Å². The maximum Gasteiger partial charge on any atom is 0.256 e. The predicted molar refractivity (Wildman–Crippen MR) is 87.2 cm³/mol. The Morgan fingerprint density at radius 1 is 1.42 bits per heavy atom. The van der Waals surface area contributed by atoms with E-state index in [0.29, 0.717) is 19.7 Å². The van der Waals surface area contributed by atoms with Crippen LogP contribution in [0.15, 0.2) is 36.7 Å². The minimum atomic E-state index is -0.603. The molecule has 1 fully saturated rings. The molecule has 7 heteroatoms. The highest BCUT2D eigenvalue weighted by atomic mass is 16.5. The summed E-state index contributed by atoms with van der Waals surface area (Å²) in [7, 11) is 1.56. The molecule has 2 heterocycles. The number of rotatable bonds is 5. The van der Waals surface area contributed by atoms with Crippen molar-refractivity contribution in [3.8, 4) is 0 Å². The van der Waals surface area contributed by atoms with E-state index < -0.39 is 6.10 Å². The Hall–Kier alpha value is -2.25. The van der Waals surface area contributed by atoms with Crippen LogP contribution in [0.4, 0.5) is 0 Å². The lowest BCUT2D eigenvalue weighted by Gasteiger charge is -2.34. The summed E-state index contributed by atoms with van der Waals surface area (Å²) < 4.78 is 13.2. The molecule has 1 amide bonds. The average Bonchev–Trinajstić information content (AvgIpc) is 3.12. The van der Waals surface area contributed by atoms with Crippen molar-refractivity contribution in [3.63, 3.8) is 0 Å². The highest BCUT2D eigenvalue weighted by Gasteiger charge is 2.32. The zero-order valence-electron chi connectivity index (χ0n) is 14.0. The second-order valence-corrected chi connectivity index (χ2v) is 5.65. The molecule has 0 radical (unpaired) electrons. The van der Waals surface area contributed by atoms with E-state index in [2.05, 4.69) is 10.2 Å². The third kappa shape index (κ3) is 3.32. The van der Waals surface area contributed by atoms with Crippen molar-refractivity contribution >= 4 is 5.91 Å². The number of carbonyl (C=O) groups is 1. The van der Waals surface area contributed by atoms with Gasteiger partial charge in [0.25, 0.3) is 5.91 Å². The molecule has 24 heavy (non-hydrogen) atoms. The molecule has 2 aromatic rings. The van der Waals surface area contributed by atoms with Gasteiger partial charge in [-0.15, -0.1) is 10.2 Å². The monoisotopic (exact) mass is 330 g/mol. The van der Waals surface area contributed by atoms with Crippen LogP contribution >= 0.6 is 0 Å². The predicted octanol–water partition coefficient (Wildman–Crippen LogP) is 1.59. The van der Waals surface area contributed by atoms with Gasteiger partial charge in [0.2, 0.25) is 0 Å². The number of aromatic nitrogens is 3. The van der Waals surface area contributed by atoms with Crippen molar-refractivity contribution in [2.75, 3.05) is 26.8 Å². The number of nitrogens with zero attached hydrogens (tertiary/aromatic N) is 4. The molecule has 128 valence electrons. The van der Waals surface area contributed by atoms with E-state index in [9.17, 15) is 4.79 Å². The Morgan fingerprint density at radius 3 is 2.92 bits per heavy atom. The van der Waals surface area contributed by atoms with Gasteiger partial charge in [-0.2, -0.15) is 0 Å². The van der Waals surface area contributed by atoms with Gasteiger partial charge in [-0.1, -0.05) is 30.3 Å². The molecule has 1 aliphatic rings. The van der Waals surface area contributed by atoms with Gasteiger partial charge in [0.1, 0.15) is 12.4 Å². The molecule has 3 rings (SSSR count). The zero-order valence-corrected chi connectivity index (χ0v) is 14.0. The van der Waals surface area contributed by atoms with E-state index >= 15 is 0 Å². The molecule has 1 aromatic carbocycles. The van der Waals surface area contributed by atoms with Crippen molar-refractivity contribution < 1.29 is 14.3 Å². The smallest absolute Gasteiger partial charge is 0.256 e. The van der Waals surface area contributed by atoms with Crippen LogP contribution in [0, 0.1) is 0 Å².